The lowest BCUT2D eigenvalue weighted by Gasteiger charge is -2.07. The van der Waals surface area contributed by atoms with Gasteiger partial charge in [0.05, 0.1) is 15.5 Å². The fraction of sp³-hybridized carbons (Fsp3) is 0.182. The number of halogens is 1. The molecule has 1 aromatic carbocycles. The standard InChI is InChI=1S/C11H10FN3O4S2/c1-6-3-8(4-9(10(6)12)15(16)17)21(18,19)14-11-13-7(2)5-20-11/h3-5H,1-2H3,(H,13,14). The Morgan fingerprint density at radius 2 is 2.05 bits per heavy atom. The van der Waals surface area contributed by atoms with Gasteiger partial charge in [-0.05, 0) is 25.5 Å². The van der Waals surface area contributed by atoms with Gasteiger partial charge in [-0.2, -0.15) is 4.39 Å². The number of hydrogen-bond acceptors (Lipinski definition) is 6. The molecule has 0 saturated carbocycles. The first-order valence-electron chi connectivity index (χ1n) is 5.60. The van der Waals surface area contributed by atoms with Crippen molar-refractivity contribution in [3.63, 3.8) is 0 Å². The minimum absolute atomic E-state index is 0.125. The fourth-order valence-corrected chi connectivity index (χ4v) is 3.63. The van der Waals surface area contributed by atoms with E-state index in [1.54, 1.807) is 12.3 Å². The van der Waals surface area contributed by atoms with E-state index < -0.39 is 26.5 Å². The van der Waals surface area contributed by atoms with Gasteiger partial charge in [-0.15, -0.1) is 11.3 Å². The second-order valence-corrected chi connectivity index (χ2v) is 6.77. The zero-order valence-electron chi connectivity index (χ0n) is 11.0. The molecule has 0 aliphatic heterocycles. The van der Waals surface area contributed by atoms with E-state index in [9.17, 15) is 22.9 Å². The molecular weight excluding hydrogens is 321 g/mol. The Morgan fingerprint density at radius 3 is 2.57 bits per heavy atom. The summed E-state index contributed by atoms with van der Waals surface area (Å²) < 4.78 is 40.1. The summed E-state index contributed by atoms with van der Waals surface area (Å²) in [5, 5.41) is 12.5. The van der Waals surface area contributed by atoms with E-state index in [4.69, 9.17) is 0 Å². The highest BCUT2D eigenvalue weighted by Gasteiger charge is 2.24. The van der Waals surface area contributed by atoms with Gasteiger partial charge in [0.2, 0.25) is 5.82 Å². The smallest absolute Gasteiger partial charge is 0.258 e. The summed E-state index contributed by atoms with van der Waals surface area (Å²) in [6.07, 6.45) is 0. The van der Waals surface area contributed by atoms with Crippen LogP contribution in [0.2, 0.25) is 0 Å². The maximum Gasteiger partial charge on any atom is 0.306 e. The van der Waals surface area contributed by atoms with Crippen molar-refractivity contribution in [1.82, 2.24) is 4.98 Å². The van der Waals surface area contributed by atoms with Gasteiger partial charge in [0.1, 0.15) is 0 Å². The number of nitro groups is 1. The maximum atomic E-state index is 13.6. The molecule has 0 radical (unpaired) electrons. The van der Waals surface area contributed by atoms with Crippen LogP contribution in [0.1, 0.15) is 11.3 Å². The summed E-state index contributed by atoms with van der Waals surface area (Å²) in [6.45, 7) is 2.95. The van der Waals surface area contributed by atoms with Crippen molar-refractivity contribution >= 4 is 32.2 Å². The van der Waals surface area contributed by atoms with E-state index >= 15 is 0 Å². The predicted molar refractivity (Wildman–Crippen MR) is 75.5 cm³/mol. The summed E-state index contributed by atoms with van der Waals surface area (Å²) in [4.78, 5) is 13.3. The molecule has 0 spiro atoms. The minimum Gasteiger partial charge on any atom is -0.258 e. The topological polar surface area (TPSA) is 102 Å². The summed E-state index contributed by atoms with van der Waals surface area (Å²) in [5.74, 6) is -1.05. The number of sulfonamides is 1. The average Bonchev–Trinajstić information content (AvgIpc) is 2.76. The molecule has 1 aromatic heterocycles. The molecule has 0 amide bonds. The van der Waals surface area contributed by atoms with Gasteiger partial charge < -0.3 is 0 Å². The highest BCUT2D eigenvalue weighted by molar-refractivity contribution is 7.93. The Labute approximate surface area is 123 Å². The van der Waals surface area contributed by atoms with Gasteiger partial charge in [-0.25, -0.2) is 13.4 Å². The number of nitrogens with one attached hydrogen (secondary N) is 1. The molecule has 0 saturated heterocycles. The summed E-state index contributed by atoms with van der Waals surface area (Å²) in [6, 6.07) is 1.72. The zero-order chi connectivity index (χ0) is 15.8. The first kappa shape index (κ1) is 15.3. The van der Waals surface area contributed by atoms with Crippen LogP contribution in [-0.4, -0.2) is 18.3 Å². The molecule has 21 heavy (non-hydrogen) atoms. The van der Waals surface area contributed by atoms with Crippen LogP contribution in [-0.2, 0) is 10.0 Å². The molecule has 0 fully saturated rings. The molecule has 112 valence electrons. The number of benzene rings is 1. The molecule has 1 heterocycles. The van der Waals surface area contributed by atoms with E-state index in [1.807, 2.05) is 0 Å². The lowest BCUT2D eigenvalue weighted by atomic mass is 10.2. The third kappa shape index (κ3) is 3.16. The number of rotatable bonds is 4. The molecule has 0 bridgehead atoms. The van der Waals surface area contributed by atoms with E-state index in [2.05, 4.69) is 9.71 Å². The van der Waals surface area contributed by atoms with Crippen molar-refractivity contribution in [3.05, 3.63) is 44.7 Å². The van der Waals surface area contributed by atoms with Gasteiger partial charge in [0.15, 0.2) is 5.13 Å². The monoisotopic (exact) mass is 331 g/mol. The first-order chi connectivity index (χ1) is 9.70. The Kier molecular flexibility index (Phi) is 3.92. The molecule has 0 aliphatic rings. The van der Waals surface area contributed by atoms with Crippen LogP contribution < -0.4 is 4.72 Å². The minimum atomic E-state index is -4.07. The number of anilines is 1. The van der Waals surface area contributed by atoms with Gasteiger partial charge in [0, 0.05) is 11.4 Å². The summed E-state index contributed by atoms with van der Waals surface area (Å²) in [7, 11) is -4.07. The Hall–Kier alpha value is -2.07. The third-order valence-corrected chi connectivity index (χ3v) is 4.88. The molecule has 1 N–H and O–H groups in total. The molecule has 7 nitrogen and oxygen atoms in total. The van der Waals surface area contributed by atoms with E-state index in [0.29, 0.717) is 11.8 Å². The Balaban J connectivity index is 2.47. The first-order valence-corrected chi connectivity index (χ1v) is 7.96. The van der Waals surface area contributed by atoms with E-state index in [0.717, 1.165) is 17.4 Å². The molecule has 2 rings (SSSR count). The van der Waals surface area contributed by atoms with Crippen LogP contribution >= 0.6 is 11.3 Å². The SMILES string of the molecule is Cc1csc(NS(=O)(=O)c2cc(C)c(F)c([N+](=O)[O-])c2)n1. The van der Waals surface area contributed by atoms with Gasteiger partial charge in [0.25, 0.3) is 10.0 Å². The van der Waals surface area contributed by atoms with Gasteiger partial charge in [-0.3, -0.25) is 14.8 Å². The highest BCUT2D eigenvalue weighted by atomic mass is 32.2. The summed E-state index contributed by atoms with van der Waals surface area (Å²) >= 11 is 1.08. The van der Waals surface area contributed by atoms with Crippen molar-refractivity contribution in [1.29, 1.82) is 0 Å². The molecule has 0 atom stereocenters. The molecular formula is C11H10FN3O4S2. The largest absolute Gasteiger partial charge is 0.306 e. The number of aromatic nitrogens is 1. The zero-order valence-corrected chi connectivity index (χ0v) is 12.6. The Morgan fingerprint density at radius 1 is 1.38 bits per heavy atom. The average molecular weight is 331 g/mol. The summed E-state index contributed by atoms with van der Waals surface area (Å²) in [5.41, 5.74) is -0.371. The lowest BCUT2D eigenvalue weighted by Crippen LogP contribution is -2.14. The van der Waals surface area contributed by atoms with Crippen LogP contribution in [0.15, 0.2) is 22.4 Å². The van der Waals surface area contributed by atoms with Crippen molar-refractivity contribution in [2.45, 2.75) is 18.7 Å². The third-order valence-electron chi connectivity index (χ3n) is 2.56. The maximum absolute atomic E-state index is 13.6. The quantitative estimate of drug-likeness (QED) is 0.685. The van der Waals surface area contributed by atoms with E-state index in [1.165, 1.54) is 6.92 Å². The second-order valence-electron chi connectivity index (χ2n) is 4.23. The van der Waals surface area contributed by atoms with Crippen molar-refractivity contribution in [3.8, 4) is 0 Å². The van der Waals surface area contributed by atoms with Crippen LogP contribution in [0.4, 0.5) is 15.2 Å². The van der Waals surface area contributed by atoms with Crippen molar-refractivity contribution in [2.24, 2.45) is 0 Å². The van der Waals surface area contributed by atoms with Crippen molar-refractivity contribution in [2.75, 3.05) is 4.72 Å². The molecule has 2 aromatic rings. The molecule has 0 aliphatic carbocycles. The Bertz CT molecular complexity index is 817. The number of aryl methyl sites for hydroxylation is 2. The molecule has 0 unspecified atom stereocenters. The normalized spacial score (nSPS) is 11.4. The molecule has 10 heteroatoms. The van der Waals surface area contributed by atoms with Gasteiger partial charge in [-0.1, -0.05) is 0 Å². The lowest BCUT2D eigenvalue weighted by molar-refractivity contribution is -0.387. The number of nitrogens with zero attached hydrogens (tertiary/aromatic N) is 2. The second kappa shape index (κ2) is 5.37. The fourth-order valence-electron chi connectivity index (χ4n) is 1.58. The number of hydrogen-bond donors (Lipinski definition) is 1. The van der Waals surface area contributed by atoms with Crippen molar-refractivity contribution < 1.29 is 17.7 Å². The van der Waals surface area contributed by atoms with Gasteiger partial charge >= 0.3 is 5.69 Å². The predicted octanol–water partition coefficient (Wildman–Crippen LogP) is 2.61. The highest BCUT2D eigenvalue weighted by Crippen LogP contribution is 2.27. The number of nitro benzene ring substituents is 1. The van der Waals surface area contributed by atoms with Crippen LogP contribution in [0.25, 0.3) is 0 Å². The number of thiazole rings is 1. The van der Waals surface area contributed by atoms with Crippen LogP contribution in [0.3, 0.4) is 0 Å². The van der Waals surface area contributed by atoms with Crippen LogP contribution in [0.5, 0.6) is 0 Å². The van der Waals surface area contributed by atoms with E-state index in [-0.39, 0.29) is 15.6 Å². The van der Waals surface area contributed by atoms with Crippen LogP contribution in [0, 0.1) is 29.8 Å².